The van der Waals surface area contributed by atoms with Gasteiger partial charge in [0.15, 0.2) is 0 Å². The Morgan fingerprint density at radius 2 is 2.45 bits per heavy atom. The first kappa shape index (κ1) is 16.6. The number of rotatable bonds is 9. The van der Waals surface area contributed by atoms with Gasteiger partial charge in [-0.25, -0.2) is 0 Å². The van der Waals surface area contributed by atoms with Crippen molar-refractivity contribution in [1.82, 2.24) is 20.5 Å². The van der Waals surface area contributed by atoms with Crippen LogP contribution in [0.5, 0.6) is 0 Å². The Labute approximate surface area is 132 Å². The van der Waals surface area contributed by atoms with Gasteiger partial charge in [-0.2, -0.15) is 0 Å². The van der Waals surface area contributed by atoms with E-state index in [1.165, 1.54) is 19.4 Å². The number of aldehydes is 1. The topological polar surface area (TPSA) is 57.3 Å². The molecule has 1 aliphatic heterocycles. The number of hydrogen-bond donors (Lipinski definition) is 2. The highest BCUT2D eigenvalue weighted by Gasteiger charge is 2.22. The number of carbonyl (C=O) groups is 1. The summed E-state index contributed by atoms with van der Waals surface area (Å²) in [5, 5.41) is 6.72. The second kappa shape index (κ2) is 8.66. The predicted molar refractivity (Wildman–Crippen MR) is 88.7 cm³/mol. The molecular weight excluding hydrogens is 276 g/mol. The van der Waals surface area contributed by atoms with Gasteiger partial charge in [0.1, 0.15) is 6.29 Å². The van der Waals surface area contributed by atoms with Gasteiger partial charge in [0.2, 0.25) is 0 Å². The van der Waals surface area contributed by atoms with Crippen molar-refractivity contribution >= 4 is 6.29 Å². The van der Waals surface area contributed by atoms with Gasteiger partial charge in [-0.3, -0.25) is 14.7 Å². The van der Waals surface area contributed by atoms with E-state index in [4.69, 9.17) is 0 Å². The Kier molecular flexibility index (Phi) is 6.55. The fourth-order valence-corrected chi connectivity index (χ4v) is 2.88. The average molecular weight is 302 g/mol. The standard InChI is InChI=1S/C17H26N4O/c1-3-21-8-4-5-17(21)12-20-14(2)10-18-11-16-9-15(13-22)6-7-19-16/h6-7,9,13,17-18,20H,2-5,8,10-12H2,1H3. The molecule has 5 nitrogen and oxygen atoms in total. The molecule has 1 fully saturated rings. The molecule has 0 aliphatic carbocycles. The third-order valence-corrected chi connectivity index (χ3v) is 4.11. The molecule has 0 spiro atoms. The summed E-state index contributed by atoms with van der Waals surface area (Å²) in [7, 11) is 0. The number of likely N-dealkylation sites (N-methyl/N-ethyl adjacent to an activating group) is 1. The molecule has 2 N–H and O–H groups in total. The van der Waals surface area contributed by atoms with Crippen LogP contribution in [0.25, 0.3) is 0 Å². The molecule has 0 bridgehead atoms. The minimum absolute atomic E-state index is 0.632. The lowest BCUT2D eigenvalue weighted by Crippen LogP contribution is -2.38. The fraction of sp³-hybridized carbons (Fsp3) is 0.529. The molecule has 2 heterocycles. The Morgan fingerprint density at radius 3 is 3.23 bits per heavy atom. The van der Waals surface area contributed by atoms with Gasteiger partial charge in [0, 0.05) is 43.1 Å². The van der Waals surface area contributed by atoms with Gasteiger partial charge in [0.25, 0.3) is 0 Å². The van der Waals surface area contributed by atoms with Crippen LogP contribution < -0.4 is 10.6 Å². The summed E-state index contributed by atoms with van der Waals surface area (Å²) in [5.74, 6) is 0. The van der Waals surface area contributed by atoms with Crippen LogP contribution >= 0.6 is 0 Å². The van der Waals surface area contributed by atoms with Crippen molar-refractivity contribution in [1.29, 1.82) is 0 Å². The van der Waals surface area contributed by atoms with Crippen molar-refractivity contribution in [2.24, 2.45) is 0 Å². The Balaban J connectivity index is 1.66. The van der Waals surface area contributed by atoms with E-state index in [0.29, 0.717) is 24.7 Å². The molecule has 120 valence electrons. The lowest BCUT2D eigenvalue weighted by atomic mass is 10.2. The van der Waals surface area contributed by atoms with E-state index >= 15 is 0 Å². The molecule has 1 saturated heterocycles. The number of pyridine rings is 1. The van der Waals surface area contributed by atoms with Crippen LogP contribution in [-0.4, -0.2) is 48.4 Å². The largest absolute Gasteiger partial charge is 0.386 e. The minimum Gasteiger partial charge on any atom is -0.386 e. The SMILES string of the molecule is C=C(CNCc1cc(C=O)ccn1)NCC1CCCN1CC. The van der Waals surface area contributed by atoms with Crippen LogP contribution in [0.15, 0.2) is 30.6 Å². The summed E-state index contributed by atoms with van der Waals surface area (Å²) in [6.45, 7) is 10.9. The molecule has 22 heavy (non-hydrogen) atoms. The molecule has 0 saturated carbocycles. The van der Waals surface area contributed by atoms with Crippen LogP contribution in [0.3, 0.4) is 0 Å². The zero-order valence-corrected chi connectivity index (χ0v) is 13.3. The molecule has 1 aliphatic rings. The van der Waals surface area contributed by atoms with E-state index in [1.807, 2.05) is 0 Å². The number of carbonyl (C=O) groups excluding carboxylic acids is 1. The third kappa shape index (κ3) is 4.93. The highest BCUT2D eigenvalue weighted by molar-refractivity contribution is 5.74. The van der Waals surface area contributed by atoms with Crippen molar-refractivity contribution in [3.63, 3.8) is 0 Å². The van der Waals surface area contributed by atoms with E-state index in [9.17, 15) is 4.79 Å². The molecule has 5 heteroatoms. The van der Waals surface area contributed by atoms with Crippen LogP contribution in [0.1, 0.15) is 35.8 Å². The fourth-order valence-electron chi connectivity index (χ4n) is 2.88. The Morgan fingerprint density at radius 1 is 1.59 bits per heavy atom. The number of hydrogen-bond acceptors (Lipinski definition) is 5. The van der Waals surface area contributed by atoms with Gasteiger partial charge >= 0.3 is 0 Å². The molecule has 0 radical (unpaired) electrons. The molecule has 1 atom stereocenters. The second-order valence-electron chi connectivity index (χ2n) is 5.71. The first-order valence-electron chi connectivity index (χ1n) is 7.99. The predicted octanol–water partition coefficient (Wildman–Crippen LogP) is 1.57. The number of nitrogens with zero attached hydrogens (tertiary/aromatic N) is 2. The smallest absolute Gasteiger partial charge is 0.150 e. The minimum atomic E-state index is 0.632. The van der Waals surface area contributed by atoms with Gasteiger partial charge in [-0.15, -0.1) is 0 Å². The van der Waals surface area contributed by atoms with Gasteiger partial charge in [0.05, 0.1) is 5.69 Å². The quantitative estimate of drug-likeness (QED) is 0.678. The molecule has 0 amide bonds. The highest BCUT2D eigenvalue weighted by atomic mass is 16.1. The highest BCUT2D eigenvalue weighted by Crippen LogP contribution is 2.15. The van der Waals surface area contributed by atoms with E-state index < -0.39 is 0 Å². The number of likely N-dealkylation sites (tertiary alicyclic amines) is 1. The first-order valence-corrected chi connectivity index (χ1v) is 7.99. The molecule has 1 unspecified atom stereocenters. The zero-order chi connectivity index (χ0) is 15.8. The maximum absolute atomic E-state index is 10.7. The second-order valence-corrected chi connectivity index (χ2v) is 5.71. The van der Waals surface area contributed by atoms with E-state index in [-0.39, 0.29) is 0 Å². The van der Waals surface area contributed by atoms with Gasteiger partial charge < -0.3 is 10.6 Å². The maximum atomic E-state index is 10.7. The molecule has 0 aromatic carbocycles. The normalized spacial score (nSPS) is 18.3. The number of aromatic nitrogens is 1. The van der Waals surface area contributed by atoms with Crippen molar-refractivity contribution in [2.75, 3.05) is 26.2 Å². The van der Waals surface area contributed by atoms with Gasteiger partial charge in [-0.1, -0.05) is 13.5 Å². The van der Waals surface area contributed by atoms with Crippen LogP contribution in [0, 0.1) is 0 Å². The number of nitrogens with one attached hydrogen (secondary N) is 2. The van der Waals surface area contributed by atoms with Crippen molar-refractivity contribution in [3.05, 3.63) is 41.9 Å². The van der Waals surface area contributed by atoms with E-state index in [0.717, 1.165) is 30.8 Å². The summed E-state index contributed by atoms with van der Waals surface area (Å²) in [4.78, 5) is 17.5. The van der Waals surface area contributed by atoms with Crippen molar-refractivity contribution < 1.29 is 4.79 Å². The Bertz CT molecular complexity index is 503. The van der Waals surface area contributed by atoms with Crippen molar-refractivity contribution in [3.8, 4) is 0 Å². The summed E-state index contributed by atoms with van der Waals surface area (Å²) >= 11 is 0. The molecule has 1 aromatic rings. The van der Waals surface area contributed by atoms with Crippen LogP contribution in [-0.2, 0) is 6.54 Å². The first-order chi connectivity index (χ1) is 10.7. The van der Waals surface area contributed by atoms with Crippen LogP contribution in [0.4, 0.5) is 0 Å². The lowest BCUT2D eigenvalue weighted by Gasteiger charge is -2.24. The Hall–Kier alpha value is -1.72. The molecular formula is C17H26N4O. The average Bonchev–Trinajstić information content (AvgIpc) is 3.00. The van der Waals surface area contributed by atoms with Crippen molar-refractivity contribution in [2.45, 2.75) is 32.4 Å². The summed E-state index contributed by atoms with van der Waals surface area (Å²) in [6.07, 6.45) is 5.06. The summed E-state index contributed by atoms with van der Waals surface area (Å²) in [5.41, 5.74) is 2.52. The van der Waals surface area contributed by atoms with E-state index in [1.54, 1.807) is 18.3 Å². The maximum Gasteiger partial charge on any atom is 0.150 e. The van der Waals surface area contributed by atoms with Gasteiger partial charge in [-0.05, 0) is 38.1 Å². The molecule has 2 rings (SSSR count). The summed E-state index contributed by atoms with van der Waals surface area (Å²) in [6, 6.07) is 4.14. The summed E-state index contributed by atoms with van der Waals surface area (Å²) < 4.78 is 0. The zero-order valence-electron chi connectivity index (χ0n) is 13.3. The van der Waals surface area contributed by atoms with E-state index in [2.05, 4.69) is 34.0 Å². The molecule has 1 aromatic heterocycles. The monoisotopic (exact) mass is 302 g/mol. The lowest BCUT2D eigenvalue weighted by molar-refractivity contribution is 0.112. The van der Waals surface area contributed by atoms with Crippen LogP contribution in [0.2, 0.25) is 0 Å². The third-order valence-electron chi connectivity index (χ3n) is 4.11.